The molecule has 0 fully saturated rings. The molecule has 0 saturated carbocycles. The zero-order valence-electron chi connectivity index (χ0n) is 7.30. The highest BCUT2D eigenvalue weighted by atomic mass is 16.6. The van der Waals surface area contributed by atoms with Gasteiger partial charge in [-0.05, 0) is 6.07 Å². The molecule has 0 amide bonds. The Hall–Kier alpha value is -2.62. The summed E-state index contributed by atoms with van der Waals surface area (Å²) in [5.41, 5.74) is 3.64. The second kappa shape index (κ2) is 3.63. The molecule has 0 aliphatic heterocycles. The summed E-state index contributed by atoms with van der Waals surface area (Å²) in [5, 5.41) is 27.8. The van der Waals surface area contributed by atoms with Crippen LogP contribution in [-0.4, -0.2) is 16.0 Å². The second-order valence-corrected chi connectivity index (χ2v) is 2.64. The summed E-state index contributed by atoms with van der Waals surface area (Å²) in [6.07, 6.45) is 0. The molecule has 1 aromatic carbocycles. The van der Waals surface area contributed by atoms with Crippen LogP contribution in [0.25, 0.3) is 0 Å². The molecule has 0 heterocycles. The normalized spacial score (nSPS) is 9.27. The number of nitrogens with zero attached hydrogens (tertiary/aromatic N) is 2. The minimum atomic E-state index is -1.43. The molecular weight excluding hydrogens is 202 g/mol. The Morgan fingerprint density at radius 2 is 2.20 bits per heavy atom. The first kappa shape index (κ1) is 10.5. The van der Waals surface area contributed by atoms with E-state index in [4.69, 9.17) is 16.1 Å². The number of rotatable bonds is 2. The van der Waals surface area contributed by atoms with Crippen molar-refractivity contribution in [2.45, 2.75) is 0 Å². The van der Waals surface area contributed by atoms with Crippen LogP contribution in [-0.2, 0) is 0 Å². The number of carboxylic acids is 1. The number of nitriles is 1. The third-order valence-electron chi connectivity index (χ3n) is 1.68. The van der Waals surface area contributed by atoms with E-state index in [2.05, 4.69) is 0 Å². The summed E-state index contributed by atoms with van der Waals surface area (Å²) >= 11 is 0. The Morgan fingerprint density at radius 3 is 2.60 bits per heavy atom. The van der Waals surface area contributed by atoms with E-state index in [9.17, 15) is 14.9 Å². The van der Waals surface area contributed by atoms with E-state index in [-0.39, 0.29) is 5.69 Å². The fraction of sp³-hybridized carbons (Fsp3) is 0. The van der Waals surface area contributed by atoms with Gasteiger partial charge in [-0.2, -0.15) is 5.26 Å². The van der Waals surface area contributed by atoms with Crippen LogP contribution in [0, 0.1) is 21.4 Å². The van der Waals surface area contributed by atoms with Crippen molar-refractivity contribution in [2.24, 2.45) is 0 Å². The highest BCUT2D eigenvalue weighted by Crippen LogP contribution is 2.25. The summed E-state index contributed by atoms with van der Waals surface area (Å²) in [4.78, 5) is 20.3. The molecule has 0 saturated heterocycles. The zero-order valence-corrected chi connectivity index (χ0v) is 7.30. The van der Waals surface area contributed by atoms with Gasteiger partial charge in [0.2, 0.25) is 0 Å². The number of carboxylic acid groups (broad SMARTS) is 1. The van der Waals surface area contributed by atoms with Crippen LogP contribution < -0.4 is 5.73 Å². The maximum Gasteiger partial charge on any atom is 0.337 e. The molecule has 0 atom stereocenters. The van der Waals surface area contributed by atoms with Crippen LogP contribution in [0.15, 0.2) is 12.1 Å². The maximum absolute atomic E-state index is 10.7. The Labute approximate surface area is 83.5 Å². The molecule has 0 unspecified atom stereocenters. The van der Waals surface area contributed by atoms with E-state index in [1.807, 2.05) is 0 Å². The van der Waals surface area contributed by atoms with Crippen LogP contribution in [0.1, 0.15) is 15.9 Å². The standard InChI is InChI=1S/C8H5N3O4/c9-3-6-5(8(12)13)1-4(10)2-7(6)11(14)15/h1-2H,10H2,(H,12,13). The zero-order chi connectivity index (χ0) is 11.6. The van der Waals surface area contributed by atoms with Gasteiger partial charge < -0.3 is 10.8 Å². The van der Waals surface area contributed by atoms with Gasteiger partial charge in [-0.15, -0.1) is 0 Å². The van der Waals surface area contributed by atoms with Crippen molar-refractivity contribution in [1.82, 2.24) is 0 Å². The van der Waals surface area contributed by atoms with E-state index in [0.29, 0.717) is 0 Å². The highest BCUT2D eigenvalue weighted by molar-refractivity contribution is 5.93. The average molecular weight is 207 g/mol. The van der Waals surface area contributed by atoms with Crippen LogP contribution >= 0.6 is 0 Å². The highest BCUT2D eigenvalue weighted by Gasteiger charge is 2.22. The topological polar surface area (TPSA) is 130 Å². The predicted octanol–water partition coefficient (Wildman–Crippen LogP) is 0.747. The van der Waals surface area contributed by atoms with Crippen molar-refractivity contribution in [1.29, 1.82) is 5.26 Å². The molecule has 0 aromatic heterocycles. The van der Waals surface area contributed by atoms with Crippen LogP contribution in [0.4, 0.5) is 11.4 Å². The van der Waals surface area contributed by atoms with E-state index < -0.39 is 27.7 Å². The fourth-order valence-corrected chi connectivity index (χ4v) is 1.08. The first-order valence-corrected chi connectivity index (χ1v) is 3.68. The molecule has 7 heteroatoms. The quantitative estimate of drug-likeness (QED) is 0.418. The molecule has 0 radical (unpaired) electrons. The van der Waals surface area contributed by atoms with Crippen molar-refractivity contribution in [3.63, 3.8) is 0 Å². The lowest BCUT2D eigenvalue weighted by Gasteiger charge is -2.01. The number of hydrogen-bond acceptors (Lipinski definition) is 5. The van der Waals surface area contributed by atoms with Crippen molar-refractivity contribution in [2.75, 3.05) is 5.73 Å². The Kier molecular flexibility index (Phi) is 2.53. The van der Waals surface area contributed by atoms with Crippen molar-refractivity contribution < 1.29 is 14.8 Å². The monoisotopic (exact) mass is 207 g/mol. The largest absolute Gasteiger partial charge is 0.478 e. The molecular formula is C8H5N3O4. The number of carbonyl (C=O) groups is 1. The van der Waals surface area contributed by atoms with Crippen LogP contribution in [0.3, 0.4) is 0 Å². The number of nitrogens with two attached hydrogens (primary N) is 1. The van der Waals surface area contributed by atoms with Gasteiger partial charge in [-0.25, -0.2) is 4.79 Å². The second-order valence-electron chi connectivity index (χ2n) is 2.64. The Bertz CT molecular complexity index is 454. The van der Waals surface area contributed by atoms with Gasteiger partial charge in [0.15, 0.2) is 0 Å². The molecule has 76 valence electrons. The number of nitrogen functional groups attached to an aromatic ring is 1. The summed E-state index contributed by atoms with van der Waals surface area (Å²) < 4.78 is 0. The summed E-state index contributed by atoms with van der Waals surface area (Å²) in [6, 6.07) is 3.43. The van der Waals surface area contributed by atoms with Crippen molar-refractivity contribution >= 4 is 17.3 Å². The molecule has 0 aliphatic rings. The number of aromatic carboxylic acids is 1. The molecule has 1 rings (SSSR count). The molecule has 0 aliphatic carbocycles. The third kappa shape index (κ3) is 1.83. The predicted molar refractivity (Wildman–Crippen MR) is 49.2 cm³/mol. The molecule has 3 N–H and O–H groups in total. The van der Waals surface area contributed by atoms with Gasteiger partial charge in [0.25, 0.3) is 5.69 Å². The number of benzene rings is 1. The summed E-state index contributed by atoms with van der Waals surface area (Å²) in [5.74, 6) is -1.43. The lowest BCUT2D eigenvalue weighted by molar-refractivity contribution is -0.385. The molecule has 15 heavy (non-hydrogen) atoms. The number of nitro groups is 1. The van der Waals surface area contributed by atoms with Gasteiger partial charge in [0, 0.05) is 11.8 Å². The van der Waals surface area contributed by atoms with E-state index in [1.54, 1.807) is 0 Å². The van der Waals surface area contributed by atoms with Gasteiger partial charge in [-0.1, -0.05) is 0 Å². The molecule has 1 aromatic rings. The number of hydrogen-bond donors (Lipinski definition) is 2. The van der Waals surface area contributed by atoms with Gasteiger partial charge >= 0.3 is 5.97 Å². The summed E-state index contributed by atoms with van der Waals surface area (Å²) in [7, 11) is 0. The van der Waals surface area contributed by atoms with Gasteiger partial charge in [0.1, 0.15) is 11.6 Å². The van der Waals surface area contributed by atoms with Crippen molar-refractivity contribution in [3.05, 3.63) is 33.4 Å². The number of nitro benzene ring substituents is 1. The minimum absolute atomic E-state index is 0.0712. The smallest absolute Gasteiger partial charge is 0.337 e. The summed E-state index contributed by atoms with van der Waals surface area (Å²) in [6.45, 7) is 0. The molecule has 7 nitrogen and oxygen atoms in total. The average Bonchev–Trinajstić information content (AvgIpc) is 2.16. The first-order valence-electron chi connectivity index (χ1n) is 3.68. The van der Waals surface area contributed by atoms with Crippen molar-refractivity contribution in [3.8, 4) is 6.07 Å². The Balaban J connectivity index is 3.62. The molecule has 0 bridgehead atoms. The van der Waals surface area contributed by atoms with Crippen LogP contribution in [0.5, 0.6) is 0 Å². The lowest BCUT2D eigenvalue weighted by Crippen LogP contribution is -2.05. The number of anilines is 1. The van der Waals surface area contributed by atoms with E-state index >= 15 is 0 Å². The third-order valence-corrected chi connectivity index (χ3v) is 1.68. The van der Waals surface area contributed by atoms with E-state index in [0.717, 1.165) is 12.1 Å². The minimum Gasteiger partial charge on any atom is -0.478 e. The maximum atomic E-state index is 10.7. The first-order chi connectivity index (χ1) is 6.97. The lowest BCUT2D eigenvalue weighted by atomic mass is 10.1. The fourth-order valence-electron chi connectivity index (χ4n) is 1.08. The van der Waals surface area contributed by atoms with Gasteiger partial charge in [0.05, 0.1) is 10.5 Å². The van der Waals surface area contributed by atoms with Crippen LogP contribution in [0.2, 0.25) is 0 Å². The molecule has 0 spiro atoms. The van der Waals surface area contributed by atoms with Gasteiger partial charge in [-0.3, -0.25) is 10.1 Å². The van der Waals surface area contributed by atoms with E-state index in [1.165, 1.54) is 6.07 Å². The Morgan fingerprint density at radius 1 is 1.60 bits per heavy atom. The SMILES string of the molecule is N#Cc1c(C(=O)O)cc(N)cc1[N+](=O)[O-].